The molecule has 17 heavy (non-hydrogen) atoms. The molecule has 0 spiro atoms. The van der Waals surface area contributed by atoms with Gasteiger partial charge in [0.15, 0.2) is 0 Å². The van der Waals surface area contributed by atoms with Crippen LogP contribution in [0.1, 0.15) is 25.3 Å². The number of anilines is 1. The van der Waals surface area contributed by atoms with Crippen molar-refractivity contribution < 1.29 is 4.79 Å². The minimum Gasteiger partial charge on any atom is -0.328 e. The molecule has 0 aromatic heterocycles. The molecule has 1 aromatic rings. The van der Waals surface area contributed by atoms with E-state index in [1.54, 1.807) is 25.2 Å². The lowest BCUT2D eigenvalue weighted by atomic mass is 10.1. The second-order valence-corrected chi connectivity index (χ2v) is 4.10. The van der Waals surface area contributed by atoms with Crippen LogP contribution in [0.3, 0.4) is 0 Å². The van der Waals surface area contributed by atoms with E-state index in [9.17, 15) is 4.79 Å². The molecule has 1 rings (SSSR count). The standard InChI is InChI=1S/C13H17N3O/c1-10(15)7-8-13(17)16(2)12-6-4-3-5-11(12)9-14/h3-6,10H,7-8,15H2,1-2H3. The highest BCUT2D eigenvalue weighted by Crippen LogP contribution is 2.19. The van der Waals surface area contributed by atoms with Gasteiger partial charge >= 0.3 is 0 Å². The van der Waals surface area contributed by atoms with E-state index < -0.39 is 0 Å². The molecule has 4 nitrogen and oxygen atoms in total. The number of rotatable bonds is 4. The Labute approximate surface area is 102 Å². The van der Waals surface area contributed by atoms with E-state index in [-0.39, 0.29) is 11.9 Å². The summed E-state index contributed by atoms with van der Waals surface area (Å²) in [5.74, 6) is -0.0231. The fourth-order valence-corrected chi connectivity index (χ4v) is 1.51. The summed E-state index contributed by atoms with van der Waals surface area (Å²) in [5.41, 5.74) is 6.76. The molecular weight excluding hydrogens is 214 g/mol. The van der Waals surface area contributed by atoms with Gasteiger partial charge in [0.1, 0.15) is 6.07 Å². The topological polar surface area (TPSA) is 70.1 Å². The normalized spacial score (nSPS) is 11.6. The van der Waals surface area contributed by atoms with Crippen molar-refractivity contribution in [3.05, 3.63) is 29.8 Å². The molecule has 1 unspecified atom stereocenters. The Morgan fingerprint density at radius 3 is 2.76 bits per heavy atom. The van der Waals surface area contributed by atoms with E-state index in [1.807, 2.05) is 13.0 Å². The van der Waals surface area contributed by atoms with E-state index >= 15 is 0 Å². The smallest absolute Gasteiger partial charge is 0.226 e. The van der Waals surface area contributed by atoms with Crippen LogP contribution < -0.4 is 10.6 Å². The zero-order chi connectivity index (χ0) is 12.8. The number of hydrogen-bond donors (Lipinski definition) is 1. The molecule has 1 atom stereocenters. The van der Waals surface area contributed by atoms with E-state index in [1.165, 1.54) is 4.90 Å². The first-order chi connectivity index (χ1) is 8.06. The molecule has 0 saturated heterocycles. The van der Waals surface area contributed by atoms with Crippen molar-refractivity contribution in [3.8, 4) is 6.07 Å². The van der Waals surface area contributed by atoms with Crippen LogP contribution in [0.5, 0.6) is 0 Å². The zero-order valence-corrected chi connectivity index (χ0v) is 10.2. The molecule has 2 N–H and O–H groups in total. The van der Waals surface area contributed by atoms with Gasteiger partial charge in [-0.25, -0.2) is 0 Å². The average molecular weight is 231 g/mol. The van der Waals surface area contributed by atoms with Gasteiger partial charge in [0.2, 0.25) is 5.91 Å². The maximum absolute atomic E-state index is 11.9. The third-order valence-corrected chi connectivity index (χ3v) is 2.57. The number of benzene rings is 1. The summed E-state index contributed by atoms with van der Waals surface area (Å²) in [6.07, 6.45) is 1.05. The number of carbonyl (C=O) groups is 1. The van der Waals surface area contributed by atoms with Crippen LogP contribution >= 0.6 is 0 Å². The third kappa shape index (κ3) is 3.58. The predicted molar refractivity (Wildman–Crippen MR) is 67.5 cm³/mol. The van der Waals surface area contributed by atoms with Gasteiger partial charge in [-0.2, -0.15) is 5.26 Å². The Balaban J connectivity index is 2.79. The Morgan fingerprint density at radius 1 is 1.53 bits per heavy atom. The Hall–Kier alpha value is -1.86. The van der Waals surface area contributed by atoms with Crippen molar-refractivity contribution in [3.63, 3.8) is 0 Å². The second kappa shape index (κ2) is 6.02. The van der Waals surface area contributed by atoms with Crippen molar-refractivity contribution in [1.82, 2.24) is 0 Å². The molecule has 90 valence electrons. The van der Waals surface area contributed by atoms with Crippen molar-refractivity contribution in [2.75, 3.05) is 11.9 Å². The number of hydrogen-bond acceptors (Lipinski definition) is 3. The SMILES string of the molecule is CC(N)CCC(=O)N(C)c1ccccc1C#N. The van der Waals surface area contributed by atoms with Crippen molar-refractivity contribution >= 4 is 11.6 Å². The second-order valence-electron chi connectivity index (χ2n) is 4.10. The van der Waals surface area contributed by atoms with Crippen LogP contribution in [0.2, 0.25) is 0 Å². The van der Waals surface area contributed by atoms with E-state index in [0.29, 0.717) is 24.1 Å². The molecule has 0 aliphatic rings. The molecule has 0 radical (unpaired) electrons. The number of para-hydroxylation sites is 1. The average Bonchev–Trinajstić information content (AvgIpc) is 2.34. The van der Waals surface area contributed by atoms with Crippen molar-refractivity contribution in [1.29, 1.82) is 5.26 Å². The quantitative estimate of drug-likeness (QED) is 0.856. The van der Waals surface area contributed by atoms with Crippen LogP contribution in [0.15, 0.2) is 24.3 Å². The van der Waals surface area contributed by atoms with Gasteiger partial charge in [-0.3, -0.25) is 4.79 Å². The van der Waals surface area contributed by atoms with Crippen molar-refractivity contribution in [2.45, 2.75) is 25.8 Å². The molecule has 0 fully saturated rings. The maximum atomic E-state index is 11.9. The lowest BCUT2D eigenvalue weighted by Crippen LogP contribution is -2.28. The van der Waals surface area contributed by atoms with Gasteiger partial charge in [0.05, 0.1) is 11.3 Å². The Morgan fingerprint density at radius 2 is 2.18 bits per heavy atom. The van der Waals surface area contributed by atoms with Crippen LogP contribution in [0.25, 0.3) is 0 Å². The van der Waals surface area contributed by atoms with Gasteiger partial charge in [0.25, 0.3) is 0 Å². The molecule has 0 bridgehead atoms. The molecule has 0 saturated carbocycles. The predicted octanol–water partition coefficient (Wildman–Crippen LogP) is 1.65. The van der Waals surface area contributed by atoms with E-state index in [0.717, 1.165) is 0 Å². The molecule has 0 heterocycles. The highest BCUT2D eigenvalue weighted by molar-refractivity contribution is 5.94. The van der Waals surface area contributed by atoms with Gasteiger partial charge < -0.3 is 10.6 Å². The molecule has 0 aliphatic heterocycles. The number of nitrogens with two attached hydrogens (primary N) is 1. The van der Waals surface area contributed by atoms with E-state index in [4.69, 9.17) is 11.0 Å². The maximum Gasteiger partial charge on any atom is 0.226 e. The highest BCUT2D eigenvalue weighted by atomic mass is 16.2. The van der Waals surface area contributed by atoms with Crippen LogP contribution in [-0.2, 0) is 4.79 Å². The number of carbonyl (C=O) groups excluding carboxylic acids is 1. The van der Waals surface area contributed by atoms with Crippen molar-refractivity contribution in [2.24, 2.45) is 5.73 Å². The lowest BCUT2D eigenvalue weighted by molar-refractivity contribution is -0.118. The monoisotopic (exact) mass is 231 g/mol. The fourth-order valence-electron chi connectivity index (χ4n) is 1.51. The zero-order valence-electron chi connectivity index (χ0n) is 10.2. The minimum absolute atomic E-state index is 0.0126. The summed E-state index contributed by atoms with van der Waals surface area (Å²) in [6, 6.07) is 9.15. The van der Waals surface area contributed by atoms with Gasteiger partial charge in [-0.1, -0.05) is 12.1 Å². The summed E-state index contributed by atoms with van der Waals surface area (Å²) in [5, 5.41) is 8.96. The van der Waals surface area contributed by atoms with Gasteiger partial charge in [-0.15, -0.1) is 0 Å². The highest BCUT2D eigenvalue weighted by Gasteiger charge is 2.14. The molecular formula is C13H17N3O. The number of nitrogens with zero attached hydrogens (tertiary/aromatic N) is 2. The first kappa shape index (κ1) is 13.2. The molecule has 0 aliphatic carbocycles. The van der Waals surface area contributed by atoms with Crippen LogP contribution in [0.4, 0.5) is 5.69 Å². The summed E-state index contributed by atoms with van der Waals surface area (Å²) in [6.45, 7) is 1.87. The van der Waals surface area contributed by atoms with Crippen LogP contribution in [-0.4, -0.2) is 19.0 Å². The Bertz CT molecular complexity index is 435. The molecule has 1 amide bonds. The summed E-state index contributed by atoms with van der Waals surface area (Å²) in [7, 11) is 1.68. The minimum atomic E-state index is -0.0231. The third-order valence-electron chi connectivity index (χ3n) is 2.57. The van der Waals surface area contributed by atoms with Gasteiger partial charge in [-0.05, 0) is 25.5 Å². The Kier molecular flexibility index (Phi) is 4.68. The lowest BCUT2D eigenvalue weighted by Gasteiger charge is -2.18. The first-order valence-electron chi connectivity index (χ1n) is 5.57. The van der Waals surface area contributed by atoms with E-state index in [2.05, 4.69) is 6.07 Å². The first-order valence-corrected chi connectivity index (χ1v) is 5.57. The van der Waals surface area contributed by atoms with Gasteiger partial charge in [0, 0.05) is 19.5 Å². The summed E-state index contributed by atoms with van der Waals surface area (Å²) in [4.78, 5) is 13.4. The summed E-state index contributed by atoms with van der Waals surface area (Å²) >= 11 is 0. The number of amides is 1. The van der Waals surface area contributed by atoms with Crippen LogP contribution in [0, 0.1) is 11.3 Å². The number of nitriles is 1. The largest absolute Gasteiger partial charge is 0.328 e. The molecule has 1 aromatic carbocycles. The molecule has 4 heteroatoms. The summed E-state index contributed by atoms with van der Waals surface area (Å²) < 4.78 is 0. The fraction of sp³-hybridized carbons (Fsp3) is 0.385.